The molecule has 2 aromatic carbocycles. The van der Waals surface area contributed by atoms with E-state index in [1.54, 1.807) is 0 Å². The number of rotatable bonds is 5. The Kier molecular flexibility index (Phi) is 5.38. The molecule has 0 saturated carbocycles. The van der Waals surface area contributed by atoms with Crippen molar-refractivity contribution in [2.24, 2.45) is 0 Å². The van der Waals surface area contributed by atoms with E-state index in [0.717, 1.165) is 46.6 Å². The third-order valence-electron chi connectivity index (χ3n) is 3.91. The van der Waals surface area contributed by atoms with E-state index in [1.165, 1.54) is 11.3 Å². The number of nitrogens with one attached hydrogen (secondary N) is 1. The molecule has 0 saturated heterocycles. The average Bonchev–Trinajstić information content (AvgIpc) is 3.05. The van der Waals surface area contributed by atoms with E-state index >= 15 is 0 Å². The van der Waals surface area contributed by atoms with Crippen LogP contribution in [0.2, 0.25) is 0 Å². The van der Waals surface area contributed by atoms with Gasteiger partial charge in [-0.3, -0.25) is 4.79 Å². The summed E-state index contributed by atoms with van der Waals surface area (Å²) in [6, 6.07) is 10.4. The molecule has 0 aliphatic heterocycles. The Morgan fingerprint density at radius 1 is 1.15 bits per heavy atom. The van der Waals surface area contributed by atoms with Crippen LogP contribution >= 0.6 is 11.3 Å². The van der Waals surface area contributed by atoms with E-state index in [2.05, 4.69) is 10.3 Å². The zero-order valence-electron chi connectivity index (χ0n) is 14.7. The highest BCUT2D eigenvalue weighted by Crippen LogP contribution is 2.28. The molecular formula is C19H17FN2O3S2. The van der Waals surface area contributed by atoms with Crippen LogP contribution in [0.5, 0.6) is 0 Å². The SMILES string of the molecule is Cc1ccc(C)c(-c2csc(NC(=O)CS(=O)(=O)c3ccc(F)cc3)n2)c1. The summed E-state index contributed by atoms with van der Waals surface area (Å²) in [7, 11) is -3.86. The second kappa shape index (κ2) is 7.58. The van der Waals surface area contributed by atoms with Gasteiger partial charge in [0.25, 0.3) is 0 Å². The molecule has 0 spiro atoms. The van der Waals surface area contributed by atoms with Crippen LogP contribution in [0, 0.1) is 19.7 Å². The van der Waals surface area contributed by atoms with Gasteiger partial charge < -0.3 is 5.32 Å². The van der Waals surface area contributed by atoms with Crippen LogP contribution in [-0.4, -0.2) is 25.1 Å². The van der Waals surface area contributed by atoms with Gasteiger partial charge in [-0.1, -0.05) is 17.7 Å². The van der Waals surface area contributed by atoms with Gasteiger partial charge in [-0.15, -0.1) is 11.3 Å². The molecular weight excluding hydrogens is 387 g/mol. The van der Waals surface area contributed by atoms with E-state index in [9.17, 15) is 17.6 Å². The number of thiazole rings is 1. The van der Waals surface area contributed by atoms with Gasteiger partial charge in [-0.25, -0.2) is 17.8 Å². The minimum absolute atomic E-state index is 0.103. The monoisotopic (exact) mass is 404 g/mol. The van der Waals surface area contributed by atoms with Crippen LogP contribution in [-0.2, 0) is 14.6 Å². The zero-order chi connectivity index (χ0) is 19.6. The maximum absolute atomic E-state index is 12.9. The van der Waals surface area contributed by atoms with Crippen LogP contribution < -0.4 is 5.32 Å². The smallest absolute Gasteiger partial charge is 0.241 e. The van der Waals surface area contributed by atoms with Gasteiger partial charge in [0.15, 0.2) is 15.0 Å². The van der Waals surface area contributed by atoms with Crippen LogP contribution in [0.25, 0.3) is 11.3 Å². The summed E-state index contributed by atoms with van der Waals surface area (Å²) in [6.07, 6.45) is 0. The Bertz CT molecular complexity index is 1090. The van der Waals surface area contributed by atoms with E-state index in [-0.39, 0.29) is 4.90 Å². The molecule has 0 bridgehead atoms. The summed E-state index contributed by atoms with van der Waals surface area (Å²) in [6.45, 7) is 3.96. The largest absolute Gasteiger partial charge is 0.301 e. The Labute approximate surface area is 160 Å². The molecule has 3 aromatic rings. The van der Waals surface area contributed by atoms with Gasteiger partial charge in [0.05, 0.1) is 10.6 Å². The molecule has 0 unspecified atom stereocenters. The number of nitrogens with zero attached hydrogens (tertiary/aromatic N) is 1. The predicted molar refractivity (Wildman–Crippen MR) is 104 cm³/mol. The number of benzene rings is 2. The first-order valence-electron chi connectivity index (χ1n) is 8.06. The molecule has 8 heteroatoms. The Morgan fingerprint density at radius 3 is 2.56 bits per heavy atom. The number of halogens is 1. The fourth-order valence-electron chi connectivity index (χ4n) is 2.52. The number of sulfone groups is 1. The average molecular weight is 404 g/mol. The van der Waals surface area contributed by atoms with Crippen molar-refractivity contribution in [1.82, 2.24) is 4.98 Å². The van der Waals surface area contributed by atoms with Gasteiger partial charge in [0, 0.05) is 10.9 Å². The Hall–Kier alpha value is -2.58. The fraction of sp³-hybridized carbons (Fsp3) is 0.158. The van der Waals surface area contributed by atoms with Gasteiger partial charge >= 0.3 is 0 Å². The molecule has 1 N–H and O–H groups in total. The molecule has 1 heterocycles. The van der Waals surface area contributed by atoms with Crippen molar-refractivity contribution in [1.29, 1.82) is 0 Å². The molecule has 0 aliphatic rings. The molecule has 0 aliphatic carbocycles. The number of hydrogen-bond donors (Lipinski definition) is 1. The number of aromatic nitrogens is 1. The third kappa shape index (κ3) is 4.58. The van der Waals surface area contributed by atoms with Crippen molar-refractivity contribution < 1.29 is 17.6 Å². The molecule has 0 fully saturated rings. The zero-order valence-corrected chi connectivity index (χ0v) is 16.3. The standard InChI is InChI=1S/C19H17FN2O3S2/c1-12-3-4-13(2)16(9-12)17-10-26-19(21-17)22-18(23)11-27(24,25)15-7-5-14(20)6-8-15/h3-10H,11H2,1-2H3,(H,21,22,23). The number of anilines is 1. The highest BCUT2D eigenvalue weighted by Gasteiger charge is 2.20. The minimum atomic E-state index is -3.86. The van der Waals surface area contributed by atoms with Crippen molar-refractivity contribution >= 4 is 32.2 Å². The number of aryl methyl sites for hydroxylation is 2. The highest BCUT2D eigenvalue weighted by atomic mass is 32.2. The molecule has 27 heavy (non-hydrogen) atoms. The molecule has 140 valence electrons. The summed E-state index contributed by atoms with van der Waals surface area (Å²) in [4.78, 5) is 16.4. The van der Waals surface area contributed by atoms with Crippen molar-refractivity contribution in [2.45, 2.75) is 18.7 Å². The number of hydrogen-bond acceptors (Lipinski definition) is 5. The lowest BCUT2D eigenvalue weighted by Gasteiger charge is -2.05. The molecule has 1 amide bonds. The quantitative estimate of drug-likeness (QED) is 0.653. The highest BCUT2D eigenvalue weighted by molar-refractivity contribution is 7.92. The van der Waals surface area contributed by atoms with E-state index in [0.29, 0.717) is 5.13 Å². The van der Waals surface area contributed by atoms with E-state index < -0.39 is 27.3 Å². The maximum atomic E-state index is 12.9. The van der Waals surface area contributed by atoms with Gasteiger partial charge in [-0.05, 0) is 49.7 Å². The summed E-state index contributed by atoms with van der Waals surface area (Å²) in [5.74, 6) is -1.97. The van der Waals surface area contributed by atoms with Crippen molar-refractivity contribution in [3.8, 4) is 11.3 Å². The van der Waals surface area contributed by atoms with E-state index in [4.69, 9.17) is 0 Å². The molecule has 0 radical (unpaired) electrons. The molecule has 0 atom stereocenters. The summed E-state index contributed by atoms with van der Waals surface area (Å²) in [5.41, 5.74) is 3.84. The van der Waals surface area contributed by atoms with Crippen molar-refractivity contribution in [3.05, 3.63) is 64.8 Å². The number of amides is 1. The first-order chi connectivity index (χ1) is 12.7. The van der Waals surface area contributed by atoms with Gasteiger partial charge in [0.1, 0.15) is 11.6 Å². The Balaban J connectivity index is 1.73. The summed E-state index contributed by atoms with van der Waals surface area (Å²) in [5, 5.41) is 4.65. The Morgan fingerprint density at radius 2 is 1.85 bits per heavy atom. The first-order valence-corrected chi connectivity index (χ1v) is 10.6. The molecule has 1 aromatic heterocycles. The summed E-state index contributed by atoms with van der Waals surface area (Å²) < 4.78 is 37.4. The van der Waals surface area contributed by atoms with Crippen molar-refractivity contribution in [2.75, 3.05) is 11.1 Å². The van der Waals surface area contributed by atoms with Crippen LogP contribution in [0.4, 0.5) is 9.52 Å². The second-order valence-corrected chi connectivity index (χ2v) is 8.97. The predicted octanol–water partition coefficient (Wildman–Crippen LogP) is 3.98. The summed E-state index contributed by atoms with van der Waals surface area (Å²) >= 11 is 1.22. The first kappa shape index (κ1) is 19.2. The number of carbonyl (C=O) groups excluding carboxylic acids is 1. The second-order valence-electron chi connectivity index (χ2n) is 6.12. The van der Waals surface area contributed by atoms with Crippen LogP contribution in [0.15, 0.2) is 52.7 Å². The fourth-order valence-corrected chi connectivity index (χ4v) is 4.38. The number of carbonyl (C=O) groups is 1. The van der Waals surface area contributed by atoms with Crippen molar-refractivity contribution in [3.63, 3.8) is 0 Å². The van der Waals surface area contributed by atoms with Gasteiger partial charge in [0.2, 0.25) is 5.91 Å². The van der Waals surface area contributed by atoms with Gasteiger partial charge in [-0.2, -0.15) is 0 Å². The van der Waals surface area contributed by atoms with Crippen LogP contribution in [0.3, 0.4) is 0 Å². The lowest BCUT2D eigenvalue weighted by atomic mass is 10.0. The molecule has 5 nitrogen and oxygen atoms in total. The van der Waals surface area contributed by atoms with E-state index in [1.807, 2.05) is 37.4 Å². The topological polar surface area (TPSA) is 76.1 Å². The minimum Gasteiger partial charge on any atom is -0.301 e. The van der Waals surface area contributed by atoms with Crippen LogP contribution in [0.1, 0.15) is 11.1 Å². The molecule has 3 rings (SSSR count). The lowest BCUT2D eigenvalue weighted by Crippen LogP contribution is -2.23. The maximum Gasteiger partial charge on any atom is 0.241 e. The third-order valence-corrected chi connectivity index (χ3v) is 6.30. The normalized spacial score (nSPS) is 11.4. The lowest BCUT2D eigenvalue weighted by molar-refractivity contribution is -0.113.